The van der Waals surface area contributed by atoms with Crippen LogP contribution in [0.5, 0.6) is 0 Å². The van der Waals surface area contributed by atoms with Crippen LogP contribution < -0.4 is 5.32 Å². The lowest BCUT2D eigenvalue weighted by Crippen LogP contribution is -2.43. The van der Waals surface area contributed by atoms with Gasteiger partial charge in [0, 0.05) is 37.9 Å². The smallest absolute Gasteiger partial charge is 0.317 e. The Bertz CT molecular complexity index is 475. The van der Waals surface area contributed by atoms with E-state index in [2.05, 4.69) is 10.3 Å². The Morgan fingerprint density at radius 3 is 2.86 bits per heavy atom. The quantitative estimate of drug-likeness (QED) is 0.876. The zero-order valence-electron chi connectivity index (χ0n) is 13.6. The van der Waals surface area contributed by atoms with Crippen LogP contribution in [0.25, 0.3) is 0 Å². The minimum Gasteiger partial charge on any atom is -0.393 e. The summed E-state index contributed by atoms with van der Waals surface area (Å²) in [6.45, 7) is 3.18. The van der Waals surface area contributed by atoms with Crippen LogP contribution in [-0.2, 0) is 6.42 Å². The number of aliphatic hydroxyl groups is 1. The van der Waals surface area contributed by atoms with Crippen molar-refractivity contribution in [1.82, 2.24) is 15.2 Å². The second kappa shape index (κ2) is 8.13. The van der Waals surface area contributed by atoms with Crippen molar-refractivity contribution in [3.05, 3.63) is 29.6 Å². The Kier molecular flexibility index (Phi) is 6.19. The number of aliphatic hydroxyl groups excluding tert-OH is 1. The van der Waals surface area contributed by atoms with Crippen molar-refractivity contribution in [2.45, 2.75) is 45.1 Å². The summed E-state index contributed by atoms with van der Waals surface area (Å²) in [7, 11) is 1.80. The fraction of sp³-hybridized carbons (Fsp3) is 0.647. The molecule has 0 radical (unpaired) electrons. The van der Waals surface area contributed by atoms with Gasteiger partial charge in [-0.1, -0.05) is 18.9 Å². The Morgan fingerprint density at radius 2 is 2.18 bits per heavy atom. The zero-order chi connectivity index (χ0) is 15.9. The third-order valence-corrected chi connectivity index (χ3v) is 4.39. The second-order valence-corrected chi connectivity index (χ2v) is 6.28. The molecule has 1 aromatic heterocycles. The number of amides is 2. The average Bonchev–Trinajstić information content (AvgIpc) is 2.51. The predicted molar refractivity (Wildman–Crippen MR) is 86.7 cm³/mol. The molecule has 2 rings (SSSR count). The highest BCUT2D eigenvalue weighted by Crippen LogP contribution is 2.24. The van der Waals surface area contributed by atoms with E-state index in [1.165, 1.54) is 0 Å². The van der Waals surface area contributed by atoms with Gasteiger partial charge in [-0.25, -0.2) is 4.79 Å². The van der Waals surface area contributed by atoms with E-state index in [9.17, 15) is 9.90 Å². The Balaban J connectivity index is 1.70. The van der Waals surface area contributed by atoms with E-state index in [1.54, 1.807) is 11.9 Å². The van der Waals surface area contributed by atoms with E-state index in [0.717, 1.165) is 43.4 Å². The van der Waals surface area contributed by atoms with Crippen LogP contribution in [0, 0.1) is 12.8 Å². The molecule has 0 aliphatic heterocycles. The molecule has 0 aromatic carbocycles. The zero-order valence-corrected chi connectivity index (χ0v) is 13.6. The van der Waals surface area contributed by atoms with Crippen LogP contribution in [0.15, 0.2) is 18.3 Å². The number of carbonyl (C=O) groups excluding carboxylic acids is 1. The monoisotopic (exact) mass is 305 g/mol. The van der Waals surface area contributed by atoms with E-state index in [1.807, 2.05) is 25.3 Å². The van der Waals surface area contributed by atoms with Crippen molar-refractivity contribution in [2.24, 2.45) is 5.92 Å². The maximum atomic E-state index is 12.1. The van der Waals surface area contributed by atoms with Gasteiger partial charge >= 0.3 is 6.03 Å². The van der Waals surface area contributed by atoms with Crippen LogP contribution in [-0.4, -0.2) is 47.3 Å². The van der Waals surface area contributed by atoms with Gasteiger partial charge in [0.2, 0.25) is 0 Å². The minimum atomic E-state index is -0.261. The molecule has 2 amide bonds. The summed E-state index contributed by atoms with van der Waals surface area (Å²) in [6.07, 6.45) is 6.48. The number of carbonyl (C=O) groups is 1. The first-order valence-electron chi connectivity index (χ1n) is 8.15. The fourth-order valence-electron chi connectivity index (χ4n) is 2.93. The van der Waals surface area contributed by atoms with Crippen molar-refractivity contribution in [1.29, 1.82) is 0 Å². The molecule has 5 nitrogen and oxygen atoms in total. The van der Waals surface area contributed by atoms with Gasteiger partial charge in [0.15, 0.2) is 0 Å². The summed E-state index contributed by atoms with van der Waals surface area (Å²) in [5.74, 6) is 0.214. The highest BCUT2D eigenvalue weighted by Gasteiger charge is 2.25. The van der Waals surface area contributed by atoms with Gasteiger partial charge in [-0.3, -0.25) is 4.98 Å². The van der Waals surface area contributed by atoms with Gasteiger partial charge < -0.3 is 15.3 Å². The standard InChI is InChI=1S/C17H27N3O2/c1-13-7-8-14(11-19-13)9-10-18-17(22)20(2)12-15-5-3-4-6-16(15)21/h7-8,11,15-16,21H,3-6,9-10,12H2,1-2H3,(H,18,22)/t15-,16+/m1/s1. The number of nitrogens with one attached hydrogen (secondary N) is 1. The van der Waals surface area contributed by atoms with Gasteiger partial charge in [0.25, 0.3) is 0 Å². The van der Waals surface area contributed by atoms with E-state index in [-0.39, 0.29) is 18.1 Å². The number of aryl methyl sites for hydroxylation is 1. The second-order valence-electron chi connectivity index (χ2n) is 6.28. The molecule has 1 heterocycles. The molecular weight excluding hydrogens is 278 g/mol. The summed E-state index contributed by atoms with van der Waals surface area (Å²) >= 11 is 0. The third kappa shape index (κ3) is 4.98. The first kappa shape index (κ1) is 16.7. The number of rotatable bonds is 5. The number of aromatic nitrogens is 1. The lowest BCUT2D eigenvalue weighted by molar-refractivity contribution is 0.0565. The van der Waals surface area contributed by atoms with Crippen molar-refractivity contribution < 1.29 is 9.90 Å². The molecule has 2 N–H and O–H groups in total. The number of pyridine rings is 1. The summed E-state index contributed by atoms with van der Waals surface area (Å²) in [5.41, 5.74) is 2.12. The molecule has 1 aliphatic carbocycles. The van der Waals surface area contributed by atoms with E-state index >= 15 is 0 Å². The number of hydrogen-bond donors (Lipinski definition) is 2. The molecule has 0 unspecified atom stereocenters. The first-order chi connectivity index (χ1) is 10.6. The fourth-order valence-corrected chi connectivity index (χ4v) is 2.93. The molecular formula is C17H27N3O2. The highest BCUT2D eigenvalue weighted by molar-refractivity contribution is 5.73. The van der Waals surface area contributed by atoms with Gasteiger partial charge in [-0.05, 0) is 37.8 Å². The molecule has 0 bridgehead atoms. The van der Waals surface area contributed by atoms with Crippen LogP contribution in [0.4, 0.5) is 4.79 Å². The normalized spacial score (nSPS) is 21.4. The summed E-state index contributed by atoms with van der Waals surface area (Å²) in [5, 5.41) is 12.9. The van der Waals surface area contributed by atoms with E-state index in [4.69, 9.17) is 0 Å². The number of urea groups is 1. The van der Waals surface area contributed by atoms with Crippen molar-refractivity contribution >= 4 is 6.03 Å². The molecule has 1 aliphatic rings. The molecule has 1 saturated carbocycles. The lowest BCUT2D eigenvalue weighted by Gasteiger charge is -2.31. The van der Waals surface area contributed by atoms with E-state index in [0.29, 0.717) is 13.1 Å². The van der Waals surface area contributed by atoms with Crippen LogP contribution in [0.2, 0.25) is 0 Å². The van der Waals surface area contributed by atoms with Gasteiger partial charge in [0.05, 0.1) is 6.10 Å². The highest BCUT2D eigenvalue weighted by atomic mass is 16.3. The third-order valence-electron chi connectivity index (χ3n) is 4.39. The maximum Gasteiger partial charge on any atom is 0.317 e. The van der Waals surface area contributed by atoms with Crippen molar-refractivity contribution in [3.8, 4) is 0 Å². The summed E-state index contributed by atoms with van der Waals surface area (Å²) in [4.78, 5) is 18.0. The molecule has 22 heavy (non-hydrogen) atoms. The predicted octanol–water partition coefficient (Wildman–Crippen LogP) is 2.13. The molecule has 122 valence electrons. The van der Waals surface area contributed by atoms with Gasteiger partial charge in [-0.15, -0.1) is 0 Å². The number of nitrogens with zero attached hydrogens (tertiary/aromatic N) is 2. The van der Waals surface area contributed by atoms with Crippen LogP contribution in [0.1, 0.15) is 36.9 Å². The molecule has 5 heteroatoms. The van der Waals surface area contributed by atoms with Crippen molar-refractivity contribution in [3.63, 3.8) is 0 Å². The Hall–Kier alpha value is -1.62. The van der Waals surface area contributed by atoms with Crippen LogP contribution >= 0.6 is 0 Å². The SMILES string of the molecule is Cc1ccc(CCNC(=O)N(C)C[C@H]2CCCC[C@@H]2O)cn1. The molecule has 0 saturated heterocycles. The average molecular weight is 305 g/mol. The first-order valence-corrected chi connectivity index (χ1v) is 8.15. The Labute approximate surface area is 132 Å². The number of hydrogen-bond acceptors (Lipinski definition) is 3. The molecule has 1 aromatic rings. The molecule has 0 spiro atoms. The van der Waals surface area contributed by atoms with Crippen molar-refractivity contribution in [2.75, 3.05) is 20.1 Å². The van der Waals surface area contributed by atoms with E-state index < -0.39 is 0 Å². The largest absolute Gasteiger partial charge is 0.393 e. The van der Waals surface area contributed by atoms with Gasteiger partial charge in [-0.2, -0.15) is 0 Å². The minimum absolute atomic E-state index is 0.0714. The van der Waals surface area contributed by atoms with Crippen LogP contribution in [0.3, 0.4) is 0 Å². The maximum absolute atomic E-state index is 12.1. The molecule has 2 atom stereocenters. The lowest BCUT2D eigenvalue weighted by atomic mass is 9.86. The summed E-state index contributed by atoms with van der Waals surface area (Å²) < 4.78 is 0. The Morgan fingerprint density at radius 1 is 1.41 bits per heavy atom. The molecule has 1 fully saturated rings. The van der Waals surface area contributed by atoms with Gasteiger partial charge in [0.1, 0.15) is 0 Å². The summed E-state index contributed by atoms with van der Waals surface area (Å²) in [6, 6.07) is 3.95. The topological polar surface area (TPSA) is 65.5 Å².